The van der Waals surface area contributed by atoms with E-state index in [0.717, 1.165) is 11.1 Å². The summed E-state index contributed by atoms with van der Waals surface area (Å²) in [6.07, 6.45) is 3.32. The molecule has 136 valence electrons. The Labute approximate surface area is 152 Å². The van der Waals surface area contributed by atoms with Crippen LogP contribution in [0.1, 0.15) is 10.4 Å². The second kappa shape index (κ2) is 6.37. The van der Waals surface area contributed by atoms with Crippen molar-refractivity contribution in [2.45, 2.75) is 12.1 Å². The molecule has 0 bridgehead atoms. The van der Waals surface area contributed by atoms with Crippen LogP contribution >= 0.6 is 0 Å². The van der Waals surface area contributed by atoms with Gasteiger partial charge in [0, 0.05) is 48.3 Å². The van der Waals surface area contributed by atoms with Crippen LogP contribution in [0.15, 0.2) is 42.7 Å². The Morgan fingerprint density at radius 1 is 1.19 bits per heavy atom. The van der Waals surface area contributed by atoms with Crippen LogP contribution in [0.25, 0.3) is 11.1 Å². The molecule has 2 fully saturated rings. The number of nitrogens with one attached hydrogen (secondary N) is 1. The molecular formula is C18H20N4O3S. The van der Waals surface area contributed by atoms with E-state index in [-0.39, 0.29) is 29.5 Å². The number of pyridine rings is 1. The topological polar surface area (TPSA) is 105 Å². The number of hydrogen-bond acceptors (Lipinski definition) is 6. The lowest BCUT2D eigenvalue weighted by atomic mass is 10.0. The van der Waals surface area contributed by atoms with Gasteiger partial charge in [0.05, 0.1) is 17.5 Å². The Balaban J connectivity index is 1.58. The fourth-order valence-corrected chi connectivity index (χ4v) is 5.68. The predicted octanol–water partition coefficient (Wildman–Crippen LogP) is 0.542. The molecule has 2 saturated heterocycles. The molecule has 2 atom stereocenters. The van der Waals surface area contributed by atoms with E-state index in [9.17, 15) is 13.2 Å². The number of anilines is 1. The van der Waals surface area contributed by atoms with Gasteiger partial charge in [-0.2, -0.15) is 0 Å². The molecule has 1 amide bonds. The molecule has 1 aromatic heterocycles. The van der Waals surface area contributed by atoms with Gasteiger partial charge in [-0.15, -0.1) is 0 Å². The number of fused-ring (bicyclic) bond motifs is 1. The molecule has 2 aliphatic rings. The molecule has 2 aliphatic heterocycles. The lowest BCUT2D eigenvalue weighted by Crippen LogP contribution is -2.59. The summed E-state index contributed by atoms with van der Waals surface area (Å²) in [6, 6.07) is 8.45. The molecule has 1 aromatic carbocycles. The van der Waals surface area contributed by atoms with Gasteiger partial charge in [0.15, 0.2) is 9.84 Å². The van der Waals surface area contributed by atoms with Gasteiger partial charge < -0.3 is 16.0 Å². The van der Waals surface area contributed by atoms with Crippen LogP contribution in [0.2, 0.25) is 0 Å². The second-order valence-corrected chi connectivity index (χ2v) is 8.90. The highest BCUT2D eigenvalue weighted by Gasteiger charge is 2.44. The number of piperazine rings is 1. The van der Waals surface area contributed by atoms with Gasteiger partial charge in [-0.25, -0.2) is 8.42 Å². The van der Waals surface area contributed by atoms with Crippen molar-refractivity contribution in [3.05, 3.63) is 48.3 Å². The third-order valence-electron chi connectivity index (χ3n) is 5.04. The fourth-order valence-electron chi connectivity index (χ4n) is 3.72. The molecule has 8 heteroatoms. The number of nitrogens with zero attached hydrogens (tertiary/aromatic N) is 2. The van der Waals surface area contributed by atoms with Gasteiger partial charge in [0.25, 0.3) is 5.91 Å². The van der Waals surface area contributed by atoms with E-state index in [1.54, 1.807) is 35.5 Å². The third kappa shape index (κ3) is 3.06. The maximum absolute atomic E-state index is 12.9. The number of rotatable bonds is 2. The van der Waals surface area contributed by atoms with Gasteiger partial charge in [-0.1, -0.05) is 12.1 Å². The molecular weight excluding hydrogens is 352 g/mol. The molecule has 0 saturated carbocycles. The minimum atomic E-state index is -3.10. The average molecular weight is 372 g/mol. The summed E-state index contributed by atoms with van der Waals surface area (Å²) in [4.78, 5) is 18.7. The molecule has 0 unspecified atom stereocenters. The zero-order valence-corrected chi connectivity index (χ0v) is 14.9. The molecule has 3 N–H and O–H groups in total. The maximum atomic E-state index is 12.9. The maximum Gasteiger partial charge on any atom is 0.254 e. The standard InChI is InChI=1S/C18H20N4O3S/c19-15-5-6-20-9-14(15)12-1-3-13(4-2-12)18(23)22-8-7-21-16-10-26(24,25)11-17(16)22/h1-6,9,16-17,21H,7-8,10-11H2,(H2,19,20)/t16-,17+/m0/s1. The fraction of sp³-hybridized carbons (Fsp3) is 0.333. The summed E-state index contributed by atoms with van der Waals surface area (Å²) in [7, 11) is -3.10. The van der Waals surface area contributed by atoms with Crippen molar-refractivity contribution < 1.29 is 13.2 Å². The molecule has 0 radical (unpaired) electrons. The molecule has 2 aromatic rings. The zero-order valence-electron chi connectivity index (χ0n) is 14.1. The van der Waals surface area contributed by atoms with Crippen molar-refractivity contribution in [3.8, 4) is 11.1 Å². The number of benzene rings is 1. The highest BCUT2D eigenvalue weighted by atomic mass is 32.2. The number of hydrogen-bond donors (Lipinski definition) is 2. The summed E-state index contributed by atoms with van der Waals surface area (Å²) in [6.45, 7) is 1.11. The average Bonchev–Trinajstić information content (AvgIpc) is 2.95. The van der Waals surface area contributed by atoms with Crippen molar-refractivity contribution >= 4 is 21.4 Å². The number of amides is 1. The Kier molecular flexibility index (Phi) is 4.16. The smallest absolute Gasteiger partial charge is 0.254 e. The van der Waals surface area contributed by atoms with Crippen molar-refractivity contribution in [1.82, 2.24) is 15.2 Å². The van der Waals surface area contributed by atoms with Crippen molar-refractivity contribution in [1.29, 1.82) is 0 Å². The van der Waals surface area contributed by atoms with E-state index in [1.807, 2.05) is 12.1 Å². The predicted molar refractivity (Wildman–Crippen MR) is 99.4 cm³/mol. The minimum absolute atomic E-state index is 0.0285. The molecule has 26 heavy (non-hydrogen) atoms. The first kappa shape index (κ1) is 17.0. The highest BCUT2D eigenvalue weighted by Crippen LogP contribution is 2.26. The van der Waals surface area contributed by atoms with E-state index < -0.39 is 9.84 Å². The summed E-state index contributed by atoms with van der Waals surface area (Å²) in [5.41, 5.74) is 8.84. The Morgan fingerprint density at radius 3 is 2.69 bits per heavy atom. The van der Waals surface area contributed by atoms with Crippen LogP contribution in [0.3, 0.4) is 0 Å². The number of carbonyl (C=O) groups is 1. The van der Waals surface area contributed by atoms with Crippen LogP contribution in [-0.2, 0) is 9.84 Å². The van der Waals surface area contributed by atoms with E-state index in [2.05, 4.69) is 10.3 Å². The summed E-state index contributed by atoms with van der Waals surface area (Å²) < 4.78 is 23.9. The lowest BCUT2D eigenvalue weighted by Gasteiger charge is -2.37. The number of sulfone groups is 1. The van der Waals surface area contributed by atoms with Crippen LogP contribution in [0.5, 0.6) is 0 Å². The van der Waals surface area contributed by atoms with E-state index in [4.69, 9.17) is 5.73 Å². The van der Waals surface area contributed by atoms with E-state index in [0.29, 0.717) is 24.3 Å². The van der Waals surface area contributed by atoms with Gasteiger partial charge in [0.2, 0.25) is 0 Å². The quantitative estimate of drug-likeness (QED) is 0.797. The van der Waals surface area contributed by atoms with Gasteiger partial charge >= 0.3 is 0 Å². The zero-order chi connectivity index (χ0) is 18.3. The summed E-state index contributed by atoms with van der Waals surface area (Å²) >= 11 is 0. The van der Waals surface area contributed by atoms with E-state index in [1.165, 1.54) is 0 Å². The summed E-state index contributed by atoms with van der Waals surface area (Å²) in [5, 5.41) is 3.22. The molecule has 0 spiro atoms. The van der Waals surface area contributed by atoms with Crippen molar-refractivity contribution in [3.63, 3.8) is 0 Å². The van der Waals surface area contributed by atoms with Crippen LogP contribution in [0, 0.1) is 0 Å². The minimum Gasteiger partial charge on any atom is -0.398 e. The normalized spacial score (nSPS) is 24.2. The summed E-state index contributed by atoms with van der Waals surface area (Å²) in [5.74, 6) is -0.00853. The Bertz CT molecular complexity index is 943. The van der Waals surface area contributed by atoms with Gasteiger partial charge in [-0.05, 0) is 23.8 Å². The van der Waals surface area contributed by atoms with Crippen LogP contribution in [-0.4, -0.2) is 60.9 Å². The Hall–Kier alpha value is -2.45. The number of aromatic nitrogens is 1. The van der Waals surface area contributed by atoms with Crippen molar-refractivity contribution in [2.24, 2.45) is 0 Å². The molecule has 4 rings (SSSR count). The first-order chi connectivity index (χ1) is 12.4. The second-order valence-electron chi connectivity index (χ2n) is 6.74. The van der Waals surface area contributed by atoms with E-state index >= 15 is 0 Å². The van der Waals surface area contributed by atoms with Crippen LogP contribution in [0.4, 0.5) is 5.69 Å². The monoisotopic (exact) mass is 372 g/mol. The molecule has 7 nitrogen and oxygen atoms in total. The largest absolute Gasteiger partial charge is 0.398 e. The number of nitrogen functional groups attached to an aromatic ring is 1. The first-order valence-electron chi connectivity index (χ1n) is 8.49. The number of nitrogens with two attached hydrogens (primary N) is 1. The van der Waals surface area contributed by atoms with Gasteiger partial charge in [0.1, 0.15) is 0 Å². The van der Waals surface area contributed by atoms with Crippen molar-refractivity contribution in [2.75, 3.05) is 30.3 Å². The van der Waals surface area contributed by atoms with Crippen LogP contribution < -0.4 is 11.1 Å². The first-order valence-corrected chi connectivity index (χ1v) is 10.3. The molecule has 3 heterocycles. The third-order valence-corrected chi connectivity index (χ3v) is 6.76. The SMILES string of the molecule is Nc1ccncc1-c1ccc(C(=O)N2CCN[C@H]3CS(=O)(=O)C[C@H]32)cc1. The Morgan fingerprint density at radius 2 is 1.96 bits per heavy atom. The molecule has 0 aliphatic carbocycles. The lowest BCUT2D eigenvalue weighted by molar-refractivity contribution is 0.0621. The highest BCUT2D eigenvalue weighted by molar-refractivity contribution is 7.91. The number of carbonyl (C=O) groups excluding carboxylic acids is 1. The van der Waals surface area contributed by atoms with Gasteiger partial charge in [-0.3, -0.25) is 9.78 Å².